The number of anilines is 1. The molecule has 1 N–H and O–H groups in total. The molecule has 0 unspecified atom stereocenters. The van der Waals surface area contributed by atoms with E-state index in [4.69, 9.17) is 0 Å². The van der Waals surface area contributed by atoms with Crippen LogP contribution in [0.25, 0.3) is 10.6 Å². The van der Waals surface area contributed by atoms with Crippen LogP contribution >= 0.6 is 11.3 Å². The van der Waals surface area contributed by atoms with Gasteiger partial charge in [0.25, 0.3) is 0 Å². The van der Waals surface area contributed by atoms with Crippen molar-refractivity contribution in [3.8, 4) is 10.6 Å². The Labute approximate surface area is 159 Å². The van der Waals surface area contributed by atoms with Gasteiger partial charge in [0.1, 0.15) is 5.01 Å². The lowest BCUT2D eigenvalue weighted by Gasteiger charge is -2.35. The molecule has 3 aromatic rings. The largest absolute Gasteiger partial charge is 0.324 e. The molecule has 0 saturated carbocycles. The van der Waals surface area contributed by atoms with Crippen molar-refractivity contribution in [3.05, 3.63) is 59.7 Å². The number of amides is 2. The lowest BCUT2D eigenvalue weighted by molar-refractivity contribution is 0.178. The summed E-state index contributed by atoms with van der Waals surface area (Å²) in [4.78, 5) is 18.5. The van der Waals surface area contributed by atoms with Gasteiger partial charge in [-0.2, -0.15) is 4.39 Å². The monoisotopic (exact) mass is 381 g/mol. The molecule has 2 atom stereocenters. The molecule has 0 aliphatic carbocycles. The third kappa shape index (κ3) is 2.76. The number of pyridine rings is 1. The van der Waals surface area contributed by atoms with Crippen LogP contribution in [0.4, 0.5) is 14.3 Å². The van der Waals surface area contributed by atoms with Crippen molar-refractivity contribution in [3.63, 3.8) is 0 Å². The van der Waals surface area contributed by atoms with E-state index >= 15 is 0 Å². The van der Waals surface area contributed by atoms with Crippen molar-refractivity contribution in [1.29, 1.82) is 0 Å². The van der Waals surface area contributed by atoms with E-state index in [0.717, 1.165) is 29.0 Å². The van der Waals surface area contributed by atoms with E-state index in [1.807, 2.05) is 41.3 Å². The first-order valence-electron chi connectivity index (χ1n) is 8.82. The maximum absolute atomic E-state index is 14.0. The fraction of sp³-hybridized carbons (Fsp3) is 0.263. The summed E-state index contributed by atoms with van der Waals surface area (Å²) in [5.74, 6) is -0.416. The number of hydrogen-bond donors (Lipinski definition) is 1. The second-order valence-corrected chi connectivity index (χ2v) is 7.71. The van der Waals surface area contributed by atoms with E-state index in [2.05, 4.69) is 20.5 Å². The number of nitrogens with zero attached hydrogens (tertiary/aromatic N) is 4. The van der Waals surface area contributed by atoms with E-state index in [1.165, 1.54) is 17.5 Å². The number of rotatable bonds is 2. The van der Waals surface area contributed by atoms with Crippen molar-refractivity contribution in [2.75, 3.05) is 5.32 Å². The second-order valence-electron chi connectivity index (χ2n) is 6.74. The SMILES string of the molecule is O=C(Nc1nnc(-c2ccccc2)s1)N1[C@H]2CC[C@@H]1c1ccnc(F)c1C2. The first kappa shape index (κ1) is 16.3. The van der Waals surface area contributed by atoms with Crippen LogP contribution in [0.15, 0.2) is 42.6 Å². The predicted octanol–water partition coefficient (Wildman–Crippen LogP) is 4.03. The Morgan fingerprint density at radius 3 is 2.89 bits per heavy atom. The minimum atomic E-state index is -0.416. The minimum Gasteiger partial charge on any atom is -0.314 e. The first-order chi connectivity index (χ1) is 13.2. The molecule has 1 fully saturated rings. The molecule has 2 aromatic heterocycles. The summed E-state index contributed by atoms with van der Waals surface area (Å²) < 4.78 is 14.0. The molecule has 2 aliphatic heterocycles. The third-order valence-electron chi connectivity index (χ3n) is 5.23. The van der Waals surface area contributed by atoms with Crippen molar-refractivity contribution in [2.24, 2.45) is 0 Å². The second kappa shape index (κ2) is 6.38. The number of carbonyl (C=O) groups is 1. The number of hydrogen-bond acceptors (Lipinski definition) is 5. The van der Waals surface area contributed by atoms with Gasteiger partial charge in [0.15, 0.2) is 0 Å². The molecule has 5 rings (SSSR count). The molecule has 2 amide bonds. The Kier molecular flexibility index (Phi) is 3.86. The smallest absolute Gasteiger partial charge is 0.314 e. The van der Waals surface area contributed by atoms with Crippen molar-refractivity contribution >= 4 is 22.5 Å². The van der Waals surface area contributed by atoms with Gasteiger partial charge < -0.3 is 4.90 Å². The Morgan fingerprint density at radius 1 is 1.19 bits per heavy atom. The van der Waals surface area contributed by atoms with Crippen LogP contribution in [-0.4, -0.2) is 32.2 Å². The molecule has 27 heavy (non-hydrogen) atoms. The zero-order valence-corrected chi connectivity index (χ0v) is 15.1. The maximum Gasteiger partial charge on any atom is 0.324 e. The summed E-state index contributed by atoms with van der Waals surface area (Å²) >= 11 is 1.34. The van der Waals surface area contributed by atoms with Crippen LogP contribution in [0.3, 0.4) is 0 Å². The van der Waals surface area contributed by atoms with Gasteiger partial charge in [0.05, 0.1) is 6.04 Å². The third-order valence-corrected chi connectivity index (χ3v) is 6.12. The quantitative estimate of drug-likeness (QED) is 0.680. The zero-order chi connectivity index (χ0) is 18.4. The number of halogens is 1. The van der Waals surface area contributed by atoms with Crippen LogP contribution < -0.4 is 5.32 Å². The highest BCUT2D eigenvalue weighted by molar-refractivity contribution is 7.18. The average molecular weight is 381 g/mol. The van der Waals surface area contributed by atoms with Crippen molar-refractivity contribution in [2.45, 2.75) is 31.3 Å². The van der Waals surface area contributed by atoms with Gasteiger partial charge in [-0.25, -0.2) is 9.78 Å². The Balaban J connectivity index is 1.37. The summed E-state index contributed by atoms with van der Waals surface area (Å²) in [5.41, 5.74) is 2.48. The molecule has 6 nitrogen and oxygen atoms in total. The molecule has 0 radical (unpaired) electrons. The fourth-order valence-corrected chi connectivity index (χ4v) is 4.79. The highest BCUT2D eigenvalue weighted by Crippen LogP contribution is 2.44. The Morgan fingerprint density at radius 2 is 2.04 bits per heavy atom. The van der Waals surface area contributed by atoms with Crippen molar-refractivity contribution < 1.29 is 9.18 Å². The summed E-state index contributed by atoms with van der Waals surface area (Å²) in [6.45, 7) is 0. The topological polar surface area (TPSA) is 71.0 Å². The van der Waals surface area contributed by atoms with Gasteiger partial charge in [0, 0.05) is 23.4 Å². The van der Waals surface area contributed by atoms with Gasteiger partial charge in [-0.05, 0) is 30.9 Å². The highest BCUT2D eigenvalue weighted by atomic mass is 32.1. The Bertz CT molecular complexity index is 1010. The molecule has 136 valence electrons. The van der Waals surface area contributed by atoms with Crippen molar-refractivity contribution in [1.82, 2.24) is 20.1 Å². The zero-order valence-electron chi connectivity index (χ0n) is 14.3. The number of nitrogens with one attached hydrogen (secondary N) is 1. The number of benzene rings is 1. The number of urea groups is 1. The molecular formula is C19H16FN5OS. The lowest BCUT2D eigenvalue weighted by atomic mass is 9.95. The van der Waals surface area contributed by atoms with Gasteiger partial charge in [0.2, 0.25) is 11.1 Å². The van der Waals surface area contributed by atoms with E-state index in [1.54, 1.807) is 0 Å². The van der Waals surface area contributed by atoms with E-state index < -0.39 is 5.95 Å². The van der Waals surface area contributed by atoms with Crippen LogP contribution in [-0.2, 0) is 6.42 Å². The molecule has 8 heteroatoms. The summed E-state index contributed by atoms with van der Waals surface area (Å²) in [5, 5.41) is 12.3. The van der Waals surface area contributed by atoms with E-state index in [-0.39, 0.29) is 18.1 Å². The van der Waals surface area contributed by atoms with E-state index in [0.29, 0.717) is 17.1 Å². The van der Waals surface area contributed by atoms with Crippen LogP contribution in [0.2, 0.25) is 0 Å². The number of fused-ring (bicyclic) bond motifs is 4. The van der Waals surface area contributed by atoms with Gasteiger partial charge in [-0.3, -0.25) is 5.32 Å². The molecule has 2 aliphatic rings. The predicted molar refractivity (Wildman–Crippen MR) is 99.9 cm³/mol. The summed E-state index contributed by atoms with van der Waals surface area (Å²) in [6.07, 6.45) is 3.67. The highest BCUT2D eigenvalue weighted by Gasteiger charge is 2.43. The molecule has 2 bridgehead atoms. The molecule has 1 aromatic carbocycles. The van der Waals surface area contributed by atoms with Gasteiger partial charge in [-0.1, -0.05) is 41.7 Å². The maximum atomic E-state index is 14.0. The first-order valence-corrected chi connectivity index (χ1v) is 9.64. The minimum absolute atomic E-state index is 0.0114. The summed E-state index contributed by atoms with van der Waals surface area (Å²) in [6, 6.07) is 11.2. The number of carbonyl (C=O) groups excluding carboxylic acids is 1. The van der Waals surface area contributed by atoms with Gasteiger partial charge in [-0.15, -0.1) is 10.2 Å². The Hall–Kier alpha value is -2.87. The molecule has 4 heterocycles. The summed E-state index contributed by atoms with van der Waals surface area (Å²) in [7, 11) is 0. The van der Waals surface area contributed by atoms with Crippen LogP contribution in [0.5, 0.6) is 0 Å². The van der Waals surface area contributed by atoms with Gasteiger partial charge >= 0.3 is 6.03 Å². The van der Waals surface area contributed by atoms with Crippen LogP contribution in [0, 0.1) is 5.95 Å². The van der Waals surface area contributed by atoms with Crippen LogP contribution in [0.1, 0.15) is 30.0 Å². The molecule has 1 saturated heterocycles. The lowest BCUT2D eigenvalue weighted by Crippen LogP contribution is -2.44. The number of aromatic nitrogens is 3. The normalized spacial score (nSPS) is 20.4. The fourth-order valence-electron chi connectivity index (χ4n) is 4.05. The standard InChI is InChI=1S/C19H16FN5OS/c20-16-14-10-12-6-7-15(13(14)8-9-21-16)25(12)19(26)22-18-24-23-17(27-18)11-4-2-1-3-5-11/h1-5,8-9,12,15H,6-7,10H2,(H,22,24,26)/t12-,15+/m0/s1. The van der Waals surface area contributed by atoms with E-state index in [9.17, 15) is 9.18 Å². The molecule has 0 spiro atoms. The average Bonchev–Trinajstić information content (AvgIpc) is 3.27. The molecular weight excluding hydrogens is 365 g/mol.